The van der Waals surface area contributed by atoms with Gasteiger partial charge >= 0.3 is 5.69 Å². The highest BCUT2D eigenvalue weighted by atomic mass is 35.5. The van der Waals surface area contributed by atoms with Gasteiger partial charge in [0, 0.05) is 18.2 Å². The molecule has 1 aromatic heterocycles. The zero-order valence-corrected chi connectivity index (χ0v) is 14.1. The van der Waals surface area contributed by atoms with Crippen LogP contribution in [0.25, 0.3) is 0 Å². The van der Waals surface area contributed by atoms with E-state index in [1.165, 1.54) is 23.7 Å². The lowest BCUT2D eigenvalue weighted by Gasteiger charge is -2.07. The van der Waals surface area contributed by atoms with E-state index in [2.05, 4.69) is 10.4 Å². The summed E-state index contributed by atoms with van der Waals surface area (Å²) in [6.45, 7) is 3.48. The second-order valence-corrected chi connectivity index (χ2v) is 5.59. The molecule has 2 rings (SSSR count). The Balaban J connectivity index is 2.04. The van der Waals surface area contributed by atoms with Crippen molar-refractivity contribution in [2.75, 3.05) is 6.54 Å². The predicted octanol–water partition coefficient (Wildman–Crippen LogP) is 2.40. The molecule has 0 bridgehead atoms. The Morgan fingerprint density at radius 1 is 1.28 bits per heavy atom. The highest BCUT2D eigenvalue weighted by Crippen LogP contribution is 2.25. The molecule has 0 radical (unpaired) electrons. The summed E-state index contributed by atoms with van der Waals surface area (Å²) >= 11 is 5.70. The van der Waals surface area contributed by atoms with Crippen LogP contribution in [0, 0.1) is 34.1 Å². The van der Waals surface area contributed by atoms with Gasteiger partial charge in [-0.2, -0.15) is 5.10 Å². The number of nitrogens with zero attached hydrogens (tertiary/aromatic N) is 4. The Morgan fingerprint density at radius 3 is 2.52 bits per heavy atom. The van der Waals surface area contributed by atoms with Crippen LogP contribution in [0.4, 0.5) is 11.4 Å². The topological polar surface area (TPSA) is 133 Å². The van der Waals surface area contributed by atoms with Gasteiger partial charge in [0.05, 0.1) is 16.4 Å². The third-order valence-electron chi connectivity index (χ3n) is 3.54. The van der Waals surface area contributed by atoms with Crippen molar-refractivity contribution in [3.63, 3.8) is 0 Å². The molecule has 0 aliphatic carbocycles. The lowest BCUT2D eigenvalue weighted by molar-refractivity contribution is -0.386. The maximum atomic E-state index is 12.1. The van der Waals surface area contributed by atoms with Gasteiger partial charge in [-0.3, -0.25) is 29.7 Å². The molecule has 2 aromatic rings. The van der Waals surface area contributed by atoms with Gasteiger partial charge in [-0.05, 0) is 26.0 Å². The van der Waals surface area contributed by atoms with Gasteiger partial charge in [0.15, 0.2) is 0 Å². The monoisotopic (exact) mass is 367 g/mol. The van der Waals surface area contributed by atoms with E-state index in [1.807, 2.05) is 0 Å². The molecule has 0 aliphatic rings. The summed E-state index contributed by atoms with van der Waals surface area (Å²) in [5.41, 5.74) is 0.361. The number of carbonyl (C=O) groups excluding carboxylic acids is 1. The van der Waals surface area contributed by atoms with Crippen molar-refractivity contribution >= 4 is 28.9 Å². The number of aromatic nitrogens is 2. The number of rotatable bonds is 6. The number of hydrogen-bond donors (Lipinski definition) is 1. The van der Waals surface area contributed by atoms with E-state index >= 15 is 0 Å². The fourth-order valence-electron chi connectivity index (χ4n) is 2.34. The van der Waals surface area contributed by atoms with E-state index in [0.29, 0.717) is 11.4 Å². The van der Waals surface area contributed by atoms with E-state index in [1.54, 1.807) is 6.92 Å². The van der Waals surface area contributed by atoms with Crippen molar-refractivity contribution in [3.8, 4) is 0 Å². The Hall–Kier alpha value is -3.01. The van der Waals surface area contributed by atoms with Crippen LogP contribution in [0.15, 0.2) is 18.2 Å². The summed E-state index contributed by atoms with van der Waals surface area (Å²) in [5, 5.41) is 28.4. The van der Waals surface area contributed by atoms with Crippen LogP contribution < -0.4 is 5.32 Å². The molecule has 0 aliphatic heterocycles. The fourth-order valence-corrected chi connectivity index (χ4v) is 2.53. The molecule has 0 spiro atoms. The van der Waals surface area contributed by atoms with Crippen molar-refractivity contribution < 1.29 is 14.6 Å². The van der Waals surface area contributed by atoms with Crippen molar-refractivity contribution in [3.05, 3.63) is 60.4 Å². The number of carbonyl (C=O) groups is 1. The standard InChI is InChI=1S/C14H14ClN5O5/c1-8-13(20(24)25)9(2)18(17-8)6-5-16-14(21)10-3-4-11(15)12(7-10)19(22)23/h3-4,7H,5-6H2,1-2H3,(H,16,21). The molecule has 0 unspecified atom stereocenters. The summed E-state index contributed by atoms with van der Waals surface area (Å²) in [5.74, 6) is -0.518. The first-order chi connectivity index (χ1) is 11.7. The van der Waals surface area contributed by atoms with Gasteiger partial charge in [-0.25, -0.2) is 0 Å². The lowest BCUT2D eigenvalue weighted by atomic mass is 10.2. The highest BCUT2D eigenvalue weighted by Gasteiger charge is 2.21. The number of nitrogens with one attached hydrogen (secondary N) is 1. The predicted molar refractivity (Wildman–Crippen MR) is 88.8 cm³/mol. The minimum Gasteiger partial charge on any atom is -0.350 e. The second kappa shape index (κ2) is 7.26. The van der Waals surface area contributed by atoms with Crippen molar-refractivity contribution in [2.24, 2.45) is 0 Å². The van der Waals surface area contributed by atoms with Gasteiger partial charge in [0.25, 0.3) is 11.6 Å². The van der Waals surface area contributed by atoms with E-state index in [0.717, 1.165) is 6.07 Å². The largest absolute Gasteiger partial charge is 0.350 e. The molecule has 132 valence electrons. The van der Waals surface area contributed by atoms with Crippen LogP contribution >= 0.6 is 11.6 Å². The first-order valence-corrected chi connectivity index (χ1v) is 7.50. The number of hydrogen-bond acceptors (Lipinski definition) is 6. The molecule has 0 atom stereocenters. The summed E-state index contributed by atoms with van der Waals surface area (Å²) in [6, 6.07) is 3.74. The van der Waals surface area contributed by atoms with Crippen molar-refractivity contribution in [2.45, 2.75) is 20.4 Å². The van der Waals surface area contributed by atoms with Gasteiger partial charge in [0.1, 0.15) is 16.4 Å². The lowest BCUT2D eigenvalue weighted by Crippen LogP contribution is -2.27. The smallest absolute Gasteiger partial charge is 0.312 e. The minimum absolute atomic E-state index is 0.0559. The molecule has 11 heteroatoms. The Kier molecular flexibility index (Phi) is 5.32. The molecular weight excluding hydrogens is 354 g/mol. The van der Waals surface area contributed by atoms with Gasteiger partial charge < -0.3 is 5.32 Å². The molecule has 0 saturated heterocycles. The maximum absolute atomic E-state index is 12.1. The SMILES string of the molecule is Cc1nn(CCNC(=O)c2ccc(Cl)c([N+](=O)[O-])c2)c(C)c1[N+](=O)[O-]. The van der Waals surface area contributed by atoms with Crippen LogP contribution in [0.1, 0.15) is 21.7 Å². The first-order valence-electron chi connectivity index (χ1n) is 7.13. The third kappa shape index (κ3) is 3.91. The summed E-state index contributed by atoms with van der Waals surface area (Å²) in [4.78, 5) is 32.7. The Labute approximate surface area is 146 Å². The molecule has 25 heavy (non-hydrogen) atoms. The molecule has 1 amide bonds. The molecule has 0 fully saturated rings. The summed E-state index contributed by atoms with van der Waals surface area (Å²) in [7, 11) is 0. The zero-order chi connectivity index (χ0) is 18.7. The Bertz CT molecular complexity index is 864. The van der Waals surface area contributed by atoms with E-state index < -0.39 is 15.8 Å². The summed E-state index contributed by atoms with van der Waals surface area (Å²) in [6.07, 6.45) is 0. The first kappa shape index (κ1) is 18.3. The average Bonchev–Trinajstić information content (AvgIpc) is 2.81. The number of nitro groups is 2. The second-order valence-electron chi connectivity index (χ2n) is 5.18. The number of benzene rings is 1. The number of nitro benzene ring substituents is 1. The quantitative estimate of drug-likeness (QED) is 0.615. The van der Waals surface area contributed by atoms with E-state index in [-0.39, 0.29) is 35.1 Å². The molecule has 1 N–H and O–H groups in total. The van der Waals surface area contributed by atoms with Crippen molar-refractivity contribution in [1.29, 1.82) is 0 Å². The molecule has 1 aromatic carbocycles. The normalized spacial score (nSPS) is 10.5. The van der Waals surface area contributed by atoms with Crippen LogP contribution in [-0.4, -0.2) is 32.1 Å². The van der Waals surface area contributed by atoms with Crippen LogP contribution in [0.3, 0.4) is 0 Å². The average molecular weight is 368 g/mol. The molecular formula is C14H14ClN5O5. The fraction of sp³-hybridized carbons (Fsp3) is 0.286. The number of aryl methyl sites for hydroxylation is 1. The van der Waals surface area contributed by atoms with Crippen LogP contribution in [0.2, 0.25) is 5.02 Å². The van der Waals surface area contributed by atoms with Gasteiger partial charge in [-0.15, -0.1) is 0 Å². The van der Waals surface area contributed by atoms with Gasteiger partial charge in [0.2, 0.25) is 0 Å². The number of amides is 1. The number of halogens is 1. The van der Waals surface area contributed by atoms with Gasteiger partial charge in [-0.1, -0.05) is 11.6 Å². The van der Waals surface area contributed by atoms with E-state index in [9.17, 15) is 25.0 Å². The highest BCUT2D eigenvalue weighted by molar-refractivity contribution is 6.32. The van der Waals surface area contributed by atoms with E-state index in [4.69, 9.17) is 11.6 Å². The Morgan fingerprint density at radius 2 is 1.96 bits per heavy atom. The molecule has 0 saturated carbocycles. The third-order valence-corrected chi connectivity index (χ3v) is 3.86. The summed E-state index contributed by atoms with van der Waals surface area (Å²) < 4.78 is 1.43. The molecule has 10 nitrogen and oxygen atoms in total. The minimum atomic E-state index is -0.672. The van der Waals surface area contributed by atoms with Crippen LogP contribution in [-0.2, 0) is 6.54 Å². The van der Waals surface area contributed by atoms with Crippen molar-refractivity contribution in [1.82, 2.24) is 15.1 Å². The maximum Gasteiger partial charge on any atom is 0.312 e. The molecule has 1 heterocycles. The van der Waals surface area contributed by atoms with Crippen LogP contribution in [0.5, 0.6) is 0 Å². The zero-order valence-electron chi connectivity index (χ0n) is 13.4.